The summed E-state index contributed by atoms with van der Waals surface area (Å²) >= 11 is 0. The van der Waals surface area contributed by atoms with E-state index in [1.807, 2.05) is 42.5 Å². The minimum atomic E-state index is -0.522. The molecule has 0 radical (unpaired) electrons. The SMILES string of the molecule is O=C(C(=O)N1CCN(C(=O)c2ccccc2)CC1)c1c[nH]c2ccccc12. The predicted molar refractivity (Wildman–Crippen MR) is 102 cm³/mol. The number of hydrogen-bond acceptors (Lipinski definition) is 3. The summed E-state index contributed by atoms with van der Waals surface area (Å²) in [5.41, 5.74) is 1.84. The van der Waals surface area contributed by atoms with Crippen LogP contribution in [0.3, 0.4) is 0 Å². The van der Waals surface area contributed by atoms with E-state index in [9.17, 15) is 14.4 Å². The van der Waals surface area contributed by atoms with Crippen LogP contribution in [0.25, 0.3) is 10.9 Å². The number of aromatic amines is 1. The molecule has 3 aromatic rings. The van der Waals surface area contributed by atoms with E-state index < -0.39 is 11.7 Å². The molecule has 0 atom stereocenters. The molecule has 6 heteroatoms. The Morgan fingerprint density at radius 2 is 1.41 bits per heavy atom. The third kappa shape index (κ3) is 3.21. The highest BCUT2D eigenvalue weighted by Crippen LogP contribution is 2.19. The van der Waals surface area contributed by atoms with Gasteiger partial charge >= 0.3 is 0 Å². The second kappa shape index (κ2) is 7.07. The molecular formula is C21H19N3O3. The van der Waals surface area contributed by atoms with Crippen LogP contribution >= 0.6 is 0 Å². The van der Waals surface area contributed by atoms with Crippen LogP contribution in [0.2, 0.25) is 0 Å². The molecule has 0 aliphatic carbocycles. The number of H-pyrrole nitrogens is 1. The molecule has 6 nitrogen and oxygen atoms in total. The average Bonchev–Trinajstić information content (AvgIpc) is 3.17. The Labute approximate surface area is 156 Å². The van der Waals surface area contributed by atoms with Crippen LogP contribution in [-0.4, -0.2) is 58.6 Å². The van der Waals surface area contributed by atoms with Crippen molar-refractivity contribution in [2.24, 2.45) is 0 Å². The lowest BCUT2D eigenvalue weighted by molar-refractivity contribution is -0.127. The highest BCUT2D eigenvalue weighted by Gasteiger charge is 2.29. The molecule has 2 heterocycles. The van der Waals surface area contributed by atoms with E-state index in [4.69, 9.17) is 0 Å². The molecule has 4 rings (SSSR count). The number of fused-ring (bicyclic) bond motifs is 1. The number of nitrogens with one attached hydrogen (secondary N) is 1. The summed E-state index contributed by atoms with van der Waals surface area (Å²) in [4.78, 5) is 44.1. The van der Waals surface area contributed by atoms with E-state index in [0.717, 1.165) is 10.9 Å². The maximum Gasteiger partial charge on any atom is 0.295 e. The van der Waals surface area contributed by atoms with Gasteiger partial charge < -0.3 is 14.8 Å². The van der Waals surface area contributed by atoms with Crippen molar-refractivity contribution in [2.45, 2.75) is 0 Å². The largest absolute Gasteiger partial charge is 0.360 e. The fourth-order valence-corrected chi connectivity index (χ4v) is 3.39. The summed E-state index contributed by atoms with van der Waals surface area (Å²) in [5.74, 6) is -1.09. The number of ketones is 1. The highest BCUT2D eigenvalue weighted by molar-refractivity contribution is 6.44. The molecular weight excluding hydrogens is 342 g/mol. The number of nitrogens with zero attached hydrogens (tertiary/aromatic N) is 2. The van der Waals surface area contributed by atoms with Gasteiger partial charge in [-0.15, -0.1) is 0 Å². The summed E-state index contributed by atoms with van der Waals surface area (Å²) < 4.78 is 0. The van der Waals surface area contributed by atoms with Gasteiger partial charge in [-0.1, -0.05) is 36.4 Å². The number of carbonyl (C=O) groups is 3. The molecule has 0 unspecified atom stereocenters. The fraction of sp³-hybridized carbons (Fsp3) is 0.190. The normalized spacial score (nSPS) is 14.4. The number of benzene rings is 2. The van der Waals surface area contributed by atoms with Crippen LogP contribution in [0, 0.1) is 0 Å². The number of rotatable bonds is 3. The van der Waals surface area contributed by atoms with Gasteiger partial charge in [0.2, 0.25) is 0 Å². The molecule has 0 spiro atoms. The number of piperazine rings is 1. The third-order valence-corrected chi connectivity index (χ3v) is 4.90. The predicted octanol–water partition coefficient (Wildman–Crippen LogP) is 2.34. The zero-order valence-electron chi connectivity index (χ0n) is 14.7. The highest BCUT2D eigenvalue weighted by atomic mass is 16.2. The Hall–Kier alpha value is -3.41. The van der Waals surface area contributed by atoms with Gasteiger partial charge in [-0.25, -0.2) is 0 Å². The number of para-hydroxylation sites is 1. The summed E-state index contributed by atoms with van der Waals surface area (Å²) in [6.45, 7) is 1.54. The van der Waals surface area contributed by atoms with Gasteiger partial charge in [-0.3, -0.25) is 14.4 Å². The van der Waals surface area contributed by atoms with Crippen LogP contribution in [-0.2, 0) is 4.79 Å². The first kappa shape index (κ1) is 17.0. The maximum absolute atomic E-state index is 12.7. The Balaban J connectivity index is 1.43. The van der Waals surface area contributed by atoms with Gasteiger partial charge in [0.1, 0.15) is 0 Å². The summed E-state index contributed by atoms with van der Waals surface area (Å²) in [7, 11) is 0. The molecule has 1 aliphatic rings. The van der Waals surface area contributed by atoms with E-state index in [0.29, 0.717) is 37.3 Å². The molecule has 1 N–H and O–H groups in total. The van der Waals surface area contributed by atoms with Gasteiger partial charge in [0.25, 0.3) is 17.6 Å². The minimum Gasteiger partial charge on any atom is -0.360 e. The molecule has 2 amide bonds. The van der Waals surface area contributed by atoms with Crippen molar-refractivity contribution in [2.75, 3.05) is 26.2 Å². The van der Waals surface area contributed by atoms with Crippen LogP contribution in [0.15, 0.2) is 60.8 Å². The van der Waals surface area contributed by atoms with Gasteiger partial charge in [0.05, 0.1) is 5.56 Å². The van der Waals surface area contributed by atoms with Crippen molar-refractivity contribution >= 4 is 28.5 Å². The fourth-order valence-electron chi connectivity index (χ4n) is 3.39. The van der Waals surface area contributed by atoms with E-state index in [2.05, 4.69) is 4.98 Å². The minimum absolute atomic E-state index is 0.0503. The Morgan fingerprint density at radius 3 is 2.15 bits per heavy atom. The summed E-state index contributed by atoms with van der Waals surface area (Å²) in [5, 5.41) is 0.744. The quantitative estimate of drug-likeness (QED) is 0.575. The van der Waals surface area contributed by atoms with Crippen LogP contribution in [0.1, 0.15) is 20.7 Å². The van der Waals surface area contributed by atoms with Gasteiger partial charge in [0.15, 0.2) is 0 Å². The smallest absolute Gasteiger partial charge is 0.295 e. The lowest BCUT2D eigenvalue weighted by Crippen LogP contribution is -2.52. The lowest BCUT2D eigenvalue weighted by atomic mass is 10.1. The summed E-state index contributed by atoms with van der Waals surface area (Å²) in [6, 6.07) is 16.5. The van der Waals surface area contributed by atoms with Crippen molar-refractivity contribution < 1.29 is 14.4 Å². The monoisotopic (exact) mass is 361 g/mol. The first-order valence-corrected chi connectivity index (χ1v) is 8.89. The number of hydrogen-bond donors (Lipinski definition) is 1. The third-order valence-electron chi connectivity index (χ3n) is 4.90. The van der Waals surface area contributed by atoms with E-state index in [1.54, 1.807) is 23.2 Å². The molecule has 1 saturated heterocycles. The Bertz CT molecular complexity index is 1000. The number of amides is 2. The molecule has 0 bridgehead atoms. The zero-order valence-corrected chi connectivity index (χ0v) is 14.7. The Kier molecular flexibility index (Phi) is 4.46. The molecule has 1 aromatic heterocycles. The zero-order chi connectivity index (χ0) is 18.8. The molecule has 2 aromatic carbocycles. The maximum atomic E-state index is 12.7. The molecule has 27 heavy (non-hydrogen) atoms. The van der Waals surface area contributed by atoms with E-state index in [1.165, 1.54) is 4.90 Å². The molecule has 0 saturated carbocycles. The standard InChI is InChI=1S/C21H19N3O3/c25-19(17-14-22-18-9-5-4-8-16(17)18)21(27)24-12-10-23(11-13-24)20(26)15-6-2-1-3-7-15/h1-9,14,22H,10-13H2. The number of aromatic nitrogens is 1. The molecule has 136 valence electrons. The summed E-state index contributed by atoms with van der Waals surface area (Å²) in [6.07, 6.45) is 1.58. The number of Topliss-reactive ketones (excluding diaryl/α,β-unsaturated/α-hetero) is 1. The topological polar surface area (TPSA) is 73.5 Å². The van der Waals surface area contributed by atoms with Crippen LogP contribution in [0.4, 0.5) is 0 Å². The van der Waals surface area contributed by atoms with E-state index in [-0.39, 0.29) is 5.91 Å². The average molecular weight is 361 g/mol. The lowest BCUT2D eigenvalue weighted by Gasteiger charge is -2.34. The second-order valence-corrected chi connectivity index (χ2v) is 6.53. The van der Waals surface area contributed by atoms with Gasteiger partial charge in [-0.2, -0.15) is 0 Å². The van der Waals surface area contributed by atoms with Crippen molar-refractivity contribution in [1.82, 2.24) is 14.8 Å². The van der Waals surface area contributed by atoms with Crippen molar-refractivity contribution in [3.05, 3.63) is 71.9 Å². The first-order chi connectivity index (χ1) is 13.1. The van der Waals surface area contributed by atoms with Crippen LogP contribution in [0.5, 0.6) is 0 Å². The van der Waals surface area contributed by atoms with Crippen molar-refractivity contribution in [1.29, 1.82) is 0 Å². The first-order valence-electron chi connectivity index (χ1n) is 8.89. The van der Waals surface area contributed by atoms with Crippen LogP contribution < -0.4 is 0 Å². The van der Waals surface area contributed by atoms with Crippen molar-refractivity contribution in [3.63, 3.8) is 0 Å². The van der Waals surface area contributed by atoms with Gasteiger partial charge in [0, 0.05) is 48.8 Å². The molecule has 1 fully saturated rings. The second-order valence-electron chi connectivity index (χ2n) is 6.53. The van der Waals surface area contributed by atoms with Crippen molar-refractivity contribution in [3.8, 4) is 0 Å². The van der Waals surface area contributed by atoms with E-state index >= 15 is 0 Å². The Morgan fingerprint density at radius 1 is 0.778 bits per heavy atom. The van der Waals surface area contributed by atoms with Gasteiger partial charge in [-0.05, 0) is 18.2 Å². The molecule has 1 aliphatic heterocycles. The number of carbonyl (C=O) groups excluding carboxylic acids is 3.